The third-order valence-corrected chi connectivity index (χ3v) is 5.27. The lowest BCUT2D eigenvalue weighted by molar-refractivity contribution is 0.0623. The van der Waals surface area contributed by atoms with Crippen LogP contribution in [0.3, 0.4) is 0 Å². The summed E-state index contributed by atoms with van der Waals surface area (Å²) in [6.45, 7) is 6.38. The van der Waals surface area contributed by atoms with Crippen LogP contribution in [0.15, 0.2) is 47.5 Å². The summed E-state index contributed by atoms with van der Waals surface area (Å²) < 4.78 is 20.0. The van der Waals surface area contributed by atoms with Gasteiger partial charge in [0, 0.05) is 0 Å². The minimum atomic E-state index is -0.667. The lowest BCUT2D eigenvalue weighted by Gasteiger charge is -2.23. The Morgan fingerprint density at radius 2 is 2.00 bits per heavy atom. The van der Waals surface area contributed by atoms with E-state index in [0.29, 0.717) is 23.7 Å². The summed E-state index contributed by atoms with van der Waals surface area (Å²) in [5, 5.41) is 8.09. The fourth-order valence-electron chi connectivity index (χ4n) is 3.35. The molecule has 0 bridgehead atoms. The highest BCUT2D eigenvalue weighted by atomic mass is 35.5. The molecular weight excluding hydrogens is 419 g/mol. The molecule has 2 aromatic carbocycles. The second-order valence-electron chi connectivity index (χ2n) is 7.54. The molecular formula is C23H22ClFN4O2. The summed E-state index contributed by atoms with van der Waals surface area (Å²) in [7, 11) is 0. The van der Waals surface area contributed by atoms with Crippen LogP contribution in [-0.4, -0.2) is 28.7 Å². The molecule has 0 spiro atoms. The first-order valence-electron chi connectivity index (χ1n) is 9.89. The van der Waals surface area contributed by atoms with E-state index in [1.807, 2.05) is 0 Å². The topological polar surface area (TPSA) is 68.6 Å². The van der Waals surface area contributed by atoms with Gasteiger partial charge < -0.3 is 4.74 Å². The van der Waals surface area contributed by atoms with E-state index in [1.54, 1.807) is 19.1 Å². The Morgan fingerprint density at radius 1 is 1.16 bits per heavy atom. The fraction of sp³-hybridized carbons (Fsp3) is 0.261. The number of nitrogens with zero attached hydrogens (tertiary/aromatic N) is 3. The summed E-state index contributed by atoms with van der Waals surface area (Å²) in [5.74, 6) is -0.151. The van der Waals surface area contributed by atoms with Crippen molar-refractivity contribution in [2.24, 2.45) is 4.99 Å². The van der Waals surface area contributed by atoms with Gasteiger partial charge in [0.2, 0.25) is 5.88 Å². The fourth-order valence-corrected chi connectivity index (χ4v) is 3.51. The Bertz CT molecular complexity index is 1150. The number of hydrogen-bond acceptors (Lipinski definition) is 6. The maximum Gasteiger partial charge on any atom is 0.250 e. The van der Waals surface area contributed by atoms with Crippen molar-refractivity contribution in [3.63, 3.8) is 0 Å². The van der Waals surface area contributed by atoms with Gasteiger partial charge in [0.25, 0.3) is 0 Å². The highest BCUT2D eigenvalue weighted by Gasteiger charge is 2.23. The van der Waals surface area contributed by atoms with Crippen LogP contribution in [0, 0.1) is 26.6 Å². The number of hydrogen-bond donors (Lipinski definition) is 1. The molecule has 0 saturated heterocycles. The number of nitrogens with one attached hydrogen (secondary N) is 1. The molecule has 0 aliphatic carbocycles. The maximum absolute atomic E-state index is 14.3. The van der Waals surface area contributed by atoms with Crippen molar-refractivity contribution < 1.29 is 14.0 Å². The minimum absolute atomic E-state index is 0.0378. The SMILES string of the molecule is Cc1ccc(C)c(C[C@@H]2CONC(c3cc(C)nnc3Oc3cccc(Cl)c3F)=N2)c1. The summed E-state index contributed by atoms with van der Waals surface area (Å²) in [5.41, 5.74) is 7.66. The Balaban J connectivity index is 1.65. The Morgan fingerprint density at radius 3 is 2.84 bits per heavy atom. The van der Waals surface area contributed by atoms with Crippen molar-refractivity contribution in [3.8, 4) is 11.6 Å². The third kappa shape index (κ3) is 4.84. The number of aliphatic imine (C=N–C) groups is 1. The van der Waals surface area contributed by atoms with E-state index in [-0.39, 0.29) is 22.7 Å². The van der Waals surface area contributed by atoms with Gasteiger partial charge in [-0.3, -0.25) is 9.83 Å². The van der Waals surface area contributed by atoms with E-state index in [4.69, 9.17) is 26.2 Å². The van der Waals surface area contributed by atoms with Crippen LogP contribution in [0.25, 0.3) is 0 Å². The van der Waals surface area contributed by atoms with Gasteiger partial charge in [-0.1, -0.05) is 41.4 Å². The first kappa shape index (κ1) is 21.2. The van der Waals surface area contributed by atoms with E-state index in [2.05, 4.69) is 47.7 Å². The zero-order valence-electron chi connectivity index (χ0n) is 17.4. The van der Waals surface area contributed by atoms with Crippen molar-refractivity contribution >= 4 is 17.4 Å². The number of aryl methyl sites for hydroxylation is 3. The minimum Gasteiger partial charge on any atom is -0.434 e. The predicted octanol–water partition coefficient (Wildman–Crippen LogP) is 4.88. The van der Waals surface area contributed by atoms with Gasteiger partial charge in [-0.15, -0.1) is 5.10 Å². The summed E-state index contributed by atoms with van der Waals surface area (Å²) >= 11 is 5.87. The van der Waals surface area contributed by atoms with E-state index < -0.39 is 5.82 Å². The lowest BCUT2D eigenvalue weighted by Crippen LogP contribution is -2.37. The standard InChI is InChI=1S/C23H22ClFN4O2/c1-13-7-8-14(2)16(9-13)11-17-12-30-29-22(26-17)18-10-15(3)27-28-23(18)31-20-6-4-5-19(24)21(20)25/h4-10,17H,11-12H2,1-3H3,(H,26,29)/t17-/m1/s1. The molecule has 1 aliphatic rings. The highest BCUT2D eigenvalue weighted by molar-refractivity contribution is 6.30. The molecule has 1 N–H and O–H groups in total. The summed E-state index contributed by atoms with van der Waals surface area (Å²) in [6.07, 6.45) is 0.731. The van der Waals surface area contributed by atoms with Gasteiger partial charge in [-0.05, 0) is 56.5 Å². The van der Waals surface area contributed by atoms with Crippen LogP contribution in [0.4, 0.5) is 4.39 Å². The van der Waals surface area contributed by atoms with Gasteiger partial charge in [-0.25, -0.2) is 9.87 Å². The smallest absolute Gasteiger partial charge is 0.250 e. The molecule has 1 atom stereocenters. The average Bonchev–Trinajstić information content (AvgIpc) is 2.75. The van der Waals surface area contributed by atoms with Crippen LogP contribution in [-0.2, 0) is 11.3 Å². The number of ether oxygens (including phenoxy) is 1. The number of amidine groups is 1. The lowest BCUT2D eigenvalue weighted by atomic mass is 9.99. The average molecular weight is 441 g/mol. The zero-order valence-corrected chi connectivity index (χ0v) is 18.2. The Kier molecular flexibility index (Phi) is 6.15. The molecule has 8 heteroatoms. The normalized spacial score (nSPS) is 15.9. The number of rotatable bonds is 5. The van der Waals surface area contributed by atoms with Gasteiger partial charge in [0.1, 0.15) is 0 Å². The molecule has 0 fully saturated rings. The maximum atomic E-state index is 14.3. The molecule has 6 nitrogen and oxygen atoms in total. The van der Waals surface area contributed by atoms with E-state index in [9.17, 15) is 4.39 Å². The van der Waals surface area contributed by atoms with Gasteiger partial charge in [0.15, 0.2) is 17.4 Å². The molecule has 160 valence electrons. The number of halogens is 2. The highest BCUT2D eigenvalue weighted by Crippen LogP contribution is 2.30. The van der Waals surface area contributed by atoms with E-state index >= 15 is 0 Å². The van der Waals surface area contributed by atoms with Crippen LogP contribution >= 0.6 is 11.6 Å². The van der Waals surface area contributed by atoms with Crippen molar-refractivity contribution in [1.29, 1.82) is 0 Å². The van der Waals surface area contributed by atoms with Gasteiger partial charge in [-0.2, -0.15) is 5.10 Å². The predicted molar refractivity (Wildman–Crippen MR) is 117 cm³/mol. The van der Waals surface area contributed by atoms with Crippen LogP contribution in [0.1, 0.15) is 27.9 Å². The molecule has 0 unspecified atom stereocenters. The van der Waals surface area contributed by atoms with Crippen LogP contribution < -0.4 is 10.2 Å². The van der Waals surface area contributed by atoms with Crippen molar-refractivity contribution in [2.75, 3.05) is 6.61 Å². The molecule has 0 saturated carbocycles. The summed E-state index contributed by atoms with van der Waals surface area (Å²) in [6, 6.07) is 12.6. The van der Waals surface area contributed by atoms with Crippen molar-refractivity contribution in [2.45, 2.75) is 33.2 Å². The zero-order chi connectivity index (χ0) is 22.0. The first-order valence-corrected chi connectivity index (χ1v) is 10.3. The Labute approximate surface area is 185 Å². The molecule has 0 amide bonds. The molecule has 4 rings (SSSR count). The largest absolute Gasteiger partial charge is 0.434 e. The monoisotopic (exact) mass is 440 g/mol. The summed E-state index contributed by atoms with van der Waals surface area (Å²) in [4.78, 5) is 10.4. The van der Waals surface area contributed by atoms with E-state index in [0.717, 1.165) is 6.42 Å². The van der Waals surface area contributed by atoms with Crippen LogP contribution in [0.5, 0.6) is 11.6 Å². The van der Waals surface area contributed by atoms with Gasteiger partial charge in [0.05, 0.1) is 28.9 Å². The molecule has 2 heterocycles. The quantitative estimate of drug-likeness (QED) is 0.612. The molecule has 1 aromatic heterocycles. The second-order valence-corrected chi connectivity index (χ2v) is 7.94. The molecule has 0 radical (unpaired) electrons. The van der Waals surface area contributed by atoms with Crippen molar-refractivity contribution in [3.05, 3.63) is 81.3 Å². The number of aromatic nitrogens is 2. The third-order valence-electron chi connectivity index (χ3n) is 4.98. The molecule has 1 aliphatic heterocycles. The van der Waals surface area contributed by atoms with E-state index in [1.165, 1.54) is 28.8 Å². The first-order chi connectivity index (χ1) is 14.9. The molecule has 3 aromatic rings. The van der Waals surface area contributed by atoms with Crippen molar-refractivity contribution in [1.82, 2.24) is 15.7 Å². The van der Waals surface area contributed by atoms with Gasteiger partial charge >= 0.3 is 0 Å². The van der Waals surface area contributed by atoms with Crippen LogP contribution in [0.2, 0.25) is 5.02 Å². The number of benzene rings is 2. The second kappa shape index (κ2) is 8.99. The number of hydroxylamine groups is 1. The molecule has 31 heavy (non-hydrogen) atoms. The Hall–Kier alpha value is -3.03.